The van der Waals surface area contributed by atoms with E-state index in [1.54, 1.807) is 21.0 Å². The van der Waals surface area contributed by atoms with E-state index in [9.17, 15) is 34.5 Å². The Labute approximate surface area is 392 Å². The molecule has 1 amide bonds. The lowest BCUT2D eigenvalue weighted by atomic mass is 9.81. The summed E-state index contributed by atoms with van der Waals surface area (Å²) in [6.45, 7) is 13.4. The number of esters is 1. The molecule has 1 saturated carbocycles. The molecule has 15 unspecified atom stereocenters. The molecule has 0 radical (unpaired) electrons. The second kappa shape index (κ2) is 24.3. The molecule has 2 saturated heterocycles. The molecule has 370 valence electrons. The van der Waals surface area contributed by atoms with Crippen molar-refractivity contribution in [2.24, 2.45) is 29.6 Å². The third kappa shape index (κ3) is 13.0. The molecule has 0 spiro atoms. The smallest absolute Gasteiger partial charge is 0.329 e. The molecule has 15 atom stereocenters. The van der Waals surface area contributed by atoms with E-state index in [1.807, 2.05) is 64.1 Å². The topological polar surface area (TPSA) is 188 Å². The Balaban J connectivity index is 1.45. The number of ketones is 2. The molecule has 1 aromatic carbocycles. The van der Waals surface area contributed by atoms with Gasteiger partial charge < -0.3 is 48.6 Å². The van der Waals surface area contributed by atoms with Crippen LogP contribution in [0.4, 0.5) is 0 Å². The maximum atomic E-state index is 14.5. The van der Waals surface area contributed by atoms with Crippen LogP contribution in [-0.2, 0) is 47.6 Å². The fourth-order valence-electron chi connectivity index (χ4n) is 10.8. The highest BCUT2D eigenvalue weighted by Gasteiger charge is 2.56. The average Bonchev–Trinajstić information content (AvgIpc) is 3.30. The van der Waals surface area contributed by atoms with Crippen LogP contribution < -0.4 is 0 Å². The number of cyclic esters (lactones) is 1. The Hall–Kier alpha value is -3.34. The maximum Gasteiger partial charge on any atom is 0.329 e. The SMILES string of the molecule is CCC1C=C(C)CC(C)CC(OC)C2OC(O)(C(=O)C(=O)N3CCCCC3C(=O)OC(C(C)=CC3CCC(OCC(O)c4cccc(C)c4)C(OC)C3)C(C)C(O)CC1=O)C(C)CC2OC. The summed E-state index contributed by atoms with van der Waals surface area (Å²) in [6, 6.07) is 6.55. The van der Waals surface area contributed by atoms with Crippen molar-refractivity contribution in [3.63, 3.8) is 0 Å². The van der Waals surface area contributed by atoms with Crippen molar-refractivity contribution < 1.29 is 62.9 Å². The number of aliphatic hydroxyl groups is 3. The molecule has 3 fully saturated rings. The molecule has 2 bridgehead atoms. The van der Waals surface area contributed by atoms with Crippen LogP contribution in [0.3, 0.4) is 0 Å². The third-order valence-electron chi connectivity index (χ3n) is 14.8. The molecular formula is C52H79NO13. The van der Waals surface area contributed by atoms with Gasteiger partial charge in [0.25, 0.3) is 11.7 Å². The van der Waals surface area contributed by atoms with Gasteiger partial charge in [-0.1, -0.05) is 75.2 Å². The van der Waals surface area contributed by atoms with E-state index in [-0.39, 0.29) is 62.2 Å². The number of hydrogen-bond donors (Lipinski definition) is 3. The molecule has 5 rings (SSSR count). The van der Waals surface area contributed by atoms with Crippen LogP contribution in [0.2, 0.25) is 0 Å². The van der Waals surface area contributed by atoms with E-state index in [1.165, 1.54) is 19.1 Å². The molecule has 14 heteroatoms. The van der Waals surface area contributed by atoms with Crippen LogP contribution in [0.5, 0.6) is 0 Å². The maximum absolute atomic E-state index is 14.5. The fourth-order valence-corrected chi connectivity index (χ4v) is 10.8. The van der Waals surface area contributed by atoms with Crippen LogP contribution in [0.15, 0.2) is 47.6 Å². The van der Waals surface area contributed by atoms with Crippen molar-refractivity contribution >= 4 is 23.4 Å². The van der Waals surface area contributed by atoms with Gasteiger partial charge in [-0.05, 0) is 108 Å². The molecule has 4 aliphatic rings. The van der Waals surface area contributed by atoms with Gasteiger partial charge in [-0.25, -0.2) is 4.79 Å². The number of allylic oxidation sites excluding steroid dienone is 3. The van der Waals surface area contributed by atoms with Gasteiger partial charge in [0.1, 0.15) is 30.1 Å². The Morgan fingerprint density at radius 3 is 2.29 bits per heavy atom. The summed E-state index contributed by atoms with van der Waals surface area (Å²) in [5.74, 6) is -7.62. The summed E-state index contributed by atoms with van der Waals surface area (Å²) in [5.41, 5.74) is 3.49. The van der Waals surface area contributed by atoms with Crippen molar-refractivity contribution in [2.75, 3.05) is 34.5 Å². The largest absolute Gasteiger partial charge is 0.456 e. The molecule has 66 heavy (non-hydrogen) atoms. The first kappa shape index (κ1) is 53.6. The summed E-state index contributed by atoms with van der Waals surface area (Å²) in [5, 5.41) is 34.8. The van der Waals surface area contributed by atoms with E-state index < -0.39 is 83.9 Å². The first-order chi connectivity index (χ1) is 31.3. The fraction of sp³-hybridized carbons (Fsp3) is 0.731. The first-order valence-corrected chi connectivity index (χ1v) is 24.3. The van der Waals surface area contributed by atoms with Crippen LogP contribution in [-0.4, -0.2) is 133 Å². The van der Waals surface area contributed by atoms with Crippen LogP contribution in [0, 0.1) is 36.5 Å². The van der Waals surface area contributed by atoms with Crippen molar-refractivity contribution in [1.29, 1.82) is 0 Å². The number of piperidine rings is 1. The number of fused-ring (bicyclic) bond motifs is 3. The second-order valence-corrected chi connectivity index (χ2v) is 19.9. The Morgan fingerprint density at radius 2 is 1.62 bits per heavy atom. The lowest BCUT2D eigenvalue weighted by molar-refractivity contribution is -0.302. The summed E-state index contributed by atoms with van der Waals surface area (Å²) in [6.07, 6.45) is 3.40. The number of methoxy groups -OCH3 is 3. The lowest BCUT2D eigenvalue weighted by Crippen LogP contribution is -2.64. The normalized spacial score (nSPS) is 36.7. The van der Waals surface area contributed by atoms with E-state index in [0.717, 1.165) is 16.7 Å². The van der Waals surface area contributed by atoms with Gasteiger partial charge in [0.15, 0.2) is 0 Å². The van der Waals surface area contributed by atoms with Crippen molar-refractivity contribution in [3.05, 3.63) is 58.7 Å². The number of amides is 1. The van der Waals surface area contributed by atoms with E-state index in [2.05, 4.69) is 6.92 Å². The average molecular weight is 926 g/mol. The van der Waals surface area contributed by atoms with Gasteiger partial charge in [-0.15, -0.1) is 0 Å². The summed E-state index contributed by atoms with van der Waals surface area (Å²) in [7, 11) is 4.71. The van der Waals surface area contributed by atoms with Gasteiger partial charge in [-0.2, -0.15) is 0 Å². The minimum atomic E-state index is -2.52. The highest BCUT2D eigenvalue weighted by atomic mass is 16.7. The van der Waals surface area contributed by atoms with Gasteiger partial charge in [0, 0.05) is 52.0 Å². The number of ether oxygens (including phenoxy) is 6. The number of carbonyl (C=O) groups excluding carboxylic acids is 4. The van der Waals surface area contributed by atoms with Crippen molar-refractivity contribution in [2.45, 2.75) is 180 Å². The number of Topliss-reactive ketones (excluding diaryl/α,β-unsaturated/α-hetero) is 2. The van der Waals surface area contributed by atoms with Crippen molar-refractivity contribution in [3.8, 4) is 0 Å². The minimum Gasteiger partial charge on any atom is -0.456 e. The minimum absolute atomic E-state index is 0.0193. The lowest BCUT2D eigenvalue weighted by Gasteiger charge is -2.47. The Bertz CT molecular complexity index is 1870. The Kier molecular flexibility index (Phi) is 19.7. The molecular weight excluding hydrogens is 847 g/mol. The van der Waals surface area contributed by atoms with Crippen LogP contribution in [0.25, 0.3) is 0 Å². The zero-order chi connectivity index (χ0) is 48.5. The summed E-state index contributed by atoms with van der Waals surface area (Å²) >= 11 is 0. The standard InChI is InChI=1S/C52H79NO13/c1-11-37-23-31(3)21-32(4)24-45(62-9)48-46(63-10)26-34(6)52(60,66-48)49(57)50(58)53-20-13-12-17-39(53)51(59)65-47(35(7)40(54)28-41(37)55)33(5)25-36-18-19-43(44(27-36)61-8)64-29-42(56)38-16-14-15-30(2)22-38/h14-16,22-23,25,32,34-37,39-40,42-48,54,56,60H,11-13,17-21,24,26-29H2,1-10H3. The Morgan fingerprint density at radius 1 is 0.924 bits per heavy atom. The molecule has 3 heterocycles. The number of aryl methyl sites for hydroxylation is 1. The predicted octanol–water partition coefficient (Wildman–Crippen LogP) is 6.54. The van der Waals surface area contributed by atoms with Gasteiger partial charge in [0.2, 0.25) is 5.79 Å². The summed E-state index contributed by atoms with van der Waals surface area (Å²) in [4.78, 5) is 58.4. The highest BCUT2D eigenvalue weighted by molar-refractivity contribution is 6.39. The quantitative estimate of drug-likeness (QED) is 0.131. The number of carbonyl (C=O) groups is 4. The van der Waals surface area contributed by atoms with Crippen molar-refractivity contribution in [1.82, 2.24) is 4.90 Å². The van der Waals surface area contributed by atoms with E-state index in [4.69, 9.17) is 28.4 Å². The van der Waals surface area contributed by atoms with Gasteiger partial charge >= 0.3 is 5.97 Å². The number of hydrogen-bond acceptors (Lipinski definition) is 13. The van der Waals surface area contributed by atoms with Gasteiger partial charge in [-0.3, -0.25) is 14.4 Å². The second-order valence-electron chi connectivity index (χ2n) is 19.9. The number of nitrogens with zero attached hydrogens (tertiary/aromatic N) is 1. The first-order valence-electron chi connectivity index (χ1n) is 24.3. The summed E-state index contributed by atoms with van der Waals surface area (Å²) < 4.78 is 36.6. The molecule has 1 aliphatic carbocycles. The number of benzene rings is 1. The molecule has 14 nitrogen and oxygen atoms in total. The monoisotopic (exact) mass is 926 g/mol. The molecule has 1 aromatic rings. The van der Waals surface area contributed by atoms with E-state index >= 15 is 0 Å². The highest BCUT2D eigenvalue weighted by Crippen LogP contribution is 2.39. The number of rotatable bonds is 10. The molecule has 3 N–H and O–H groups in total. The van der Waals surface area contributed by atoms with Crippen LogP contribution in [0.1, 0.15) is 129 Å². The molecule has 0 aromatic heterocycles. The predicted molar refractivity (Wildman–Crippen MR) is 248 cm³/mol. The zero-order valence-corrected chi connectivity index (χ0v) is 41.1. The zero-order valence-electron chi connectivity index (χ0n) is 41.1. The number of aliphatic hydroxyl groups excluding tert-OH is 2. The van der Waals surface area contributed by atoms with Crippen LogP contribution >= 0.6 is 0 Å². The third-order valence-corrected chi connectivity index (χ3v) is 14.8. The molecule has 3 aliphatic heterocycles. The van der Waals surface area contributed by atoms with Gasteiger partial charge in [0.05, 0.1) is 37.1 Å². The van der Waals surface area contributed by atoms with E-state index in [0.29, 0.717) is 56.9 Å².